The molecule has 1 aromatic heterocycles. The number of ether oxygens (including phenoxy) is 1. The summed E-state index contributed by atoms with van der Waals surface area (Å²) in [5.74, 6) is -3.02. The highest BCUT2D eigenvalue weighted by Gasteiger charge is 2.54. The maximum atomic E-state index is 13.0. The molecule has 0 spiro atoms. The van der Waals surface area contributed by atoms with Crippen molar-refractivity contribution in [3.8, 4) is 0 Å². The molecule has 2 aliphatic heterocycles. The normalized spacial score (nSPS) is 20.3. The summed E-state index contributed by atoms with van der Waals surface area (Å²) in [5, 5.41) is 16.8. The van der Waals surface area contributed by atoms with Crippen molar-refractivity contribution in [2.45, 2.75) is 37.8 Å². The third-order valence-corrected chi connectivity index (χ3v) is 6.45. The molecular formula is C20H23N5O7S2. The molecule has 3 heterocycles. The van der Waals surface area contributed by atoms with E-state index >= 15 is 0 Å². The molecule has 12 nitrogen and oxygen atoms in total. The molecule has 14 heteroatoms. The van der Waals surface area contributed by atoms with E-state index in [-0.39, 0.29) is 22.2 Å². The van der Waals surface area contributed by atoms with Gasteiger partial charge in [0.25, 0.3) is 11.8 Å². The van der Waals surface area contributed by atoms with Crippen molar-refractivity contribution in [3.05, 3.63) is 35.0 Å². The van der Waals surface area contributed by atoms with Gasteiger partial charge in [0.1, 0.15) is 28.4 Å². The lowest BCUT2D eigenvalue weighted by Gasteiger charge is -2.49. The zero-order chi connectivity index (χ0) is 25.2. The van der Waals surface area contributed by atoms with Gasteiger partial charge in [-0.3, -0.25) is 14.5 Å². The molecule has 0 bridgehead atoms. The molecule has 182 valence electrons. The summed E-state index contributed by atoms with van der Waals surface area (Å²) in [4.78, 5) is 59.3. The molecule has 2 aliphatic rings. The van der Waals surface area contributed by atoms with Gasteiger partial charge in [-0.05, 0) is 26.3 Å². The molecule has 0 aliphatic carbocycles. The number of allylic oxidation sites excluding steroid dienone is 1. The number of hydrogen-bond donors (Lipinski definition) is 3. The first-order valence-electron chi connectivity index (χ1n) is 9.90. The van der Waals surface area contributed by atoms with Gasteiger partial charge in [-0.15, -0.1) is 23.1 Å². The fourth-order valence-corrected chi connectivity index (χ4v) is 5.02. The molecule has 1 aromatic rings. The number of esters is 1. The van der Waals surface area contributed by atoms with Crippen LogP contribution in [0.25, 0.3) is 0 Å². The molecule has 0 saturated carbocycles. The number of rotatable bonds is 8. The molecule has 1 unspecified atom stereocenters. The summed E-state index contributed by atoms with van der Waals surface area (Å²) < 4.78 is 5.12. The number of hydrogen-bond acceptors (Lipinski definition) is 11. The summed E-state index contributed by atoms with van der Waals surface area (Å²) in [7, 11) is 0. The van der Waals surface area contributed by atoms with Crippen molar-refractivity contribution in [3.63, 3.8) is 0 Å². The van der Waals surface area contributed by atoms with Gasteiger partial charge in [-0.2, -0.15) is 0 Å². The second-order valence-electron chi connectivity index (χ2n) is 8.11. The highest BCUT2D eigenvalue weighted by Crippen LogP contribution is 2.40. The van der Waals surface area contributed by atoms with E-state index in [4.69, 9.17) is 15.3 Å². The van der Waals surface area contributed by atoms with Gasteiger partial charge in [0.05, 0.1) is 0 Å². The van der Waals surface area contributed by atoms with Crippen LogP contribution in [0.1, 0.15) is 26.5 Å². The Morgan fingerprint density at radius 2 is 2.15 bits per heavy atom. The fraction of sp³-hybridized carbons (Fsp3) is 0.400. The largest absolute Gasteiger partial charge is 0.477 e. The number of nitrogens with two attached hydrogens (primary N) is 1. The highest BCUT2D eigenvalue weighted by molar-refractivity contribution is 8.00. The number of thiazole rings is 1. The Hall–Kier alpha value is -3.39. The van der Waals surface area contributed by atoms with E-state index < -0.39 is 47.4 Å². The van der Waals surface area contributed by atoms with Gasteiger partial charge in [-0.25, -0.2) is 14.6 Å². The van der Waals surface area contributed by atoms with Gasteiger partial charge in [0.2, 0.25) is 6.61 Å². The molecule has 34 heavy (non-hydrogen) atoms. The second kappa shape index (κ2) is 9.85. The van der Waals surface area contributed by atoms with E-state index in [9.17, 15) is 24.3 Å². The molecule has 0 radical (unpaired) electrons. The minimum atomic E-state index is -1.26. The predicted octanol–water partition coefficient (Wildman–Crippen LogP) is 0.712. The topological polar surface area (TPSA) is 174 Å². The maximum absolute atomic E-state index is 13.0. The standard InChI is InChI=1S/C20H23N5O7S2/c1-5-9-7-33-17-13(16(28)25(17)14(9)18(29)30)23-15(27)12(10-8-34-19(21)22-10)24-31-6-11(26)32-20(2,3)4/h5,8,13,17H,1,6-7H2,2-4H3,(H2,21,22)(H,23,27)(H,29,30)/b24-12+/t13?,17-/m1/s1. The number of nitrogens with one attached hydrogen (secondary N) is 1. The lowest BCUT2D eigenvalue weighted by atomic mass is 10.0. The molecule has 4 N–H and O–H groups in total. The number of fused-ring (bicyclic) bond motifs is 1. The van der Waals surface area contributed by atoms with Crippen LogP contribution in [-0.2, 0) is 28.8 Å². The van der Waals surface area contributed by atoms with Crippen LogP contribution in [0.5, 0.6) is 0 Å². The van der Waals surface area contributed by atoms with Crippen LogP contribution >= 0.6 is 23.1 Å². The number of amides is 2. The van der Waals surface area contributed by atoms with E-state index in [1.54, 1.807) is 20.8 Å². The number of carbonyl (C=O) groups is 4. The number of aromatic nitrogens is 1. The molecule has 2 amide bonds. The van der Waals surface area contributed by atoms with Crippen LogP contribution in [0.4, 0.5) is 5.13 Å². The van der Waals surface area contributed by atoms with E-state index in [2.05, 4.69) is 22.0 Å². The molecule has 0 aromatic carbocycles. The number of carbonyl (C=O) groups excluding carboxylic acids is 3. The Morgan fingerprint density at radius 1 is 1.44 bits per heavy atom. The van der Waals surface area contributed by atoms with Crippen LogP contribution in [0.15, 0.2) is 34.5 Å². The third kappa shape index (κ3) is 5.39. The maximum Gasteiger partial charge on any atom is 0.352 e. The van der Waals surface area contributed by atoms with Crippen molar-refractivity contribution in [1.82, 2.24) is 15.2 Å². The van der Waals surface area contributed by atoms with Crippen molar-refractivity contribution in [2.75, 3.05) is 18.1 Å². The summed E-state index contributed by atoms with van der Waals surface area (Å²) in [6.07, 6.45) is 1.39. The summed E-state index contributed by atoms with van der Waals surface area (Å²) in [6, 6.07) is -0.995. The minimum absolute atomic E-state index is 0.0872. The number of nitrogens with zero attached hydrogens (tertiary/aromatic N) is 3. The summed E-state index contributed by atoms with van der Waals surface area (Å²) in [6.45, 7) is 8.11. The van der Waals surface area contributed by atoms with Crippen LogP contribution in [-0.4, -0.2) is 73.8 Å². The first-order chi connectivity index (χ1) is 15.9. The van der Waals surface area contributed by atoms with E-state index in [1.807, 2.05) is 0 Å². The average Bonchev–Trinajstić information content (AvgIpc) is 3.18. The molecule has 1 saturated heterocycles. The Morgan fingerprint density at radius 3 is 2.71 bits per heavy atom. The number of thioether (sulfide) groups is 1. The van der Waals surface area contributed by atoms with Crippen molar-refractivity contribution in [2.24, 2.45) is 5.16 Å². The SMILES string of the molecule is C=CC1=C(C(=O)O)N2C(=O)C(NC(=O)/C(=N/OCC(=O)OC(C)(C)C)c3csc(N)n3)[C@H]2SC1. The quantitative estimate of drug-likeness (QED) is 0.196. The van der Waals surface area contributed by atoms with Gasteiger partial charge in [0.15, 0.2) is 10.8 Å². The van der Waals surface area contributed by atoms with Gasteiger partial charge in [0, 0.05) is 11.1 Å². The number of anilines is 1. The molecular weight excluding hydrogens is 486 g/mol. The fourth-order valence-electron chi connectivity index (χ4n) is 3.13. The second-order valence-corrected chi connectivity index (χ2v) is 10.1. The average molecular weight is 510 g/mol. The van der Waals surface area contributed by atoms with Gasteiger partial charge >= 0.3 is 11.9 Å². The minimum Gasteiger partial charge on any atom is -0.477 e. The van der Waals surface area contributed by atoms with Crippen LogP contribution in [0, 0.1) is 0 Å². The van der Waals surface area contributed by atoms with Crippen LogP contribution in [0.2, 0.25) is 0 Å². The molecule has 1 fully saturated rings. The summed E-state index contributed by atoms with van der Waals surface area (Å²) in [5.41, 5.74) is 4.98. The highest BCUT2D eigenvalue weighted by atomic mass is 32.2. The third-order valence-electron chi connectivity index (χ3n) is 4.47. The zero-order valence-corrected chi connectivity index (χ0v) is 20.2. The van der Waals surface area contributed by atoms with E-state index in [0.717, 1.165) is 16.2 Å². The first kappa shape index (κ1) is 25.2. The molecule has 2 atom stereocenters. The van der Waals surface area contributed by atoms with E-state index in [0.29, 0.717) is 11.3 Å². The number of carboxylic acids is 1. The number of nitrogen functional groups attached to an aromatic ring is 1. The smallest absolute Gasteiger partial charge is 0.352 e. The lowest BCUT2D eigenvalue weighted by molar-refractivity contribution is -0.160. The number of β-lactam (4-membered cyclic amide) rings is 1. The van der Waals surface area contributed by atoms with Crippen LogP contribution in [0.3, 0.4) is 0 Å². The predicted molar refractivity (Wildman–Crippen MR) is 125 cm³/mol. The van der Waals surface area contributed by atoms with Crippen molar-refractivity contribution in [1.29, 1.82) is 0 Å². The number of carboxylic acid groups (broad SMARTS) is 1. The lowest BCUT2D eigenvalue weighted by Crippen LogP contribution is -2.71. The van der Waals surface area contributed by atoms with Crippen molar-refractivity contribution >= 4 is 57.7 Å². The summed E-state index contributed by atoms with van der Waals surface area (Å²) >= 11 is 2.35. The first-order valence-corrected chi connectivity index (χ1v) is 11.8. The Balaban J connectivity index is 1.75. The Kier molecular flexibility index (Phi) is 7.31. The Bertz CT molecular complexity index is 1110. The van der Waals surface area contributed by atoms with E-state index in [1.165, 1.54) is 23.2 Å². The van der Waals surface area contributed by atoms with Crippen LogP contribution < -0.4 is 11.1 Å². The monoisotopic (exact) mass is 509 g/mol. The van der Waals surface area contributed by atoms with Gasteiger partial charge < -0.3 is 25.7 Å². The van der Waals surface area contributed by atoms with Gasteiger partial charge in [-0.1, -0.05) is 17.8 Å². The number of oxime groups is 1. The zero-order valence-electron chi connectivity index (χ0n) is 18.6. The Labute approximate surface area is 202 Å². The molecule has 3 rings (SSSR count). The van der Waals surface area contributed by atoms with Crippen molar-refractivity contribution < 1.29 is 33.9 Å². The number of aliphatic carboxylic acids is 1.